The minimum Gasteiger partial charge on any atom is -0.348 e. The number of aromatic nitrogens is 6. The van der Waals surface area contributed by atoms with Crippen LogP contribution in [0.2, 0.25) is 0 Å². The molecule has 2 atom stereocenters. The monoisotopic (exact) mass is 491 g/mol. The Hall–Kier alpha value is -2.76. The van der Waals surface area contributed by atoms with Gasteiger partial charge < -0.3 is 9.88 Å². The van der Waals surface area contributed by atoms with Crippen molar-refractivity contribution in [1.82, 2.24) is 34.3 Å². The number of alkyl halides is 2. The van der Waals surface area contributed by atoms with Gasteiger partial charge in [0.15, 0.2) is 0 Å². The molecule has 0 saturated heterocycles. The van der Waals surface area contributed by atoms with Crippen LogP contribution in [0.15, 0.2) is 49.1 Å². The number of fused-ring (bicyclic) bond motifs is 2. The lowest BCUT2D eigenvalue weighted by molar-refractivity contribution is 0.0669. The molecular weight excluding hydrogens is 476 g/mol. The summed E-state index contributed by atoms with van der Waals surface area (Å²) in [6.07, 6.45) is 5.57. The standard InChI is InChI=1S/C18H15FIN7O/c19-18(20)27-14(4-6-23-27)17(28)25-8-5-12-15(22-10-21-12)16(25)13-9-11-3-1-2-7-26(11)24-13/h1-4,6-7,9-10,16,18H,5,8H2,(H,21,22)/t16-,18?/m1/s1. The molecule has 1 unspecified atom stereocenters. The van der Waals surface area contributed by atoms with Gasteiger partial charge >= 0.3 is 0 Å². The number of carbonyl (C=O) groups excluding carboxylic acids is 1. The number of hydrogen-bond donors (Lipinski definition) is 1. The molecule has 0 saturated carbocycles. The van der Waals surface area contributed by atoms with Crippen LogP contribution in [-0.2, 0) is 6.42 Å². The SMILES string of the molecule is O=C(c1ccnn1C(F)I)N1CCc2[nH]cnc2[C@H]1c1cc2ccccn2n1. The van der Waals surface area contributed by atoms with Gasteiger partial charge in [0.05, 0.1) is 23.2 Å². The zero-order valence-electron chi connectivity index (χ0n) is 14.5. The van der Waals surface area contributed by atoms with E-state index in [0.717, 1.165) is 21.6 Å². The summed E-state index contributed by atoms with van der Waals surface area (Å²) in [4.78, 5) is 22.6. The molecule has 4 aromatic heterocycles. The van der Waals surface area contributed by atoms with Gasteiger partial charge in [0.2, 0.25) is 4.30 Å². The van der Waals surface area contributed by atoms with Crippen LogP contribution in [0.1, 0.15) is 37.9 Å². The average Bonchev–Trinajstić information content (AvgIpc) is 3.44. The summed E-state index contributed by atoms with van der Waals surface area (Å²) >= 11 is 1.59. The number of rotatable bonds is 3. The van der Waals surface area contributed by atoms with E-state index in [2.05, 4.69) is 20.2 Å². The van der Waals surface area contributed by atoms with E-state index in [4.69, 9.17) is 0 Å². The molecule has 142 valence electrons. The van der Waals surface area contributed by atoms with E-state index in [0.29, 0.717) is 18.7 Å². The Balaban J connectivity index is 1.62. The summed E-state index contributed by atoms with van der Waals surface area (Å²) in [6, 6.07) is 8.81. The zero-order chi connectivity index (χ0) is 19.3. The molecule has 5 rings (SSSR count). The third kappa shape index (κ3) is 2.70. The quantitative estimate of drug-likeness (QED) is 0.353. The maximum absolute atomic E-state index is 13.9. The van der Waals surface area contributed by atoms with E-state index in [1.165, 1.54) is 12.3 Å². The number of imidazole rings is 1. The minimum absolute atomic E-state index is 0.203. The van der Waals surface area contributed by atoms with Crippen molar-refractivity contribution in [3.05, 3.63) is 71.8 Å². The Kier molecular flexibility index (Phi) is 4.14. The van der Waals surface area contributed by atoms with Crippen molar-refractivity contribution in [3.8, 4) is 0 Å². The molecule has 8 nitrogen and oxygen atoms in total. The van der Waals surface area contributed by atoms with Gasteiger partial charge in [0.1, 0.15) is 11.7 Å². The maximum Gasteiger partial charge on any atom is 0.273 e. The fraction of sp³-hybridized carbons (Fsp3) is 0.222. The molecule has 0 bridgehead atoms. The third-order valence-electron chi connectivity index (χ3n) is 4.93. The van der Waals surface area contributed by atoms with Gasteiger partial charge in [0.25, 0.3) is 5.91 Å². The predicted molar refractivity (Wildman–Crippen MR) is 107 cm³/mol. The largest absolute Gasteiger partial charge is 0.348 e. The van der Waals surface area contributed by atoms with E-state index >= 15 is 0 Å². The second-order valence-electron chi connectivity index (χ2n) is 6.50. The summed E-state index contributed by atoms with van der Waals surface area (Å²) in [5.41, 5.74) is 3.59. The highest BCUT2D eigenvalue weighted by atomic mass is 127. The molecule has 28 heavy (non-hydrogen) atoms. The fourth-order valence-electron chi connectivity index (χ4n) is 3.67. The van der Waals surface area contributed by atoms with Crippen molar-refractivity contribution in [2.75, 3.05) is 6.54 Å². The Morgan fingerprint density at radius 3 is 3.07 bits per heavy atom. The van der Waals surface area contributed by atoms with Gasteiger partial charge in [-0.15, -0.1) is 0 Å². The summed E-state index contributed by atoms with van der Waals surface area (Å²) in [6.45, 7) is 0.468. The number of nitrogens with one attached hydrogen (secondary N) is 1. The first-order chi connectivity index (χ1) is 13.6. The van der Waals surface area contributed by atoms with Gasteiger partial charge in [0, 0.05) is 31.1 Å². The van der Waals surface area contributed by atoms with Crippen molar-refractivity contribution in [2.45, 2.75) is 16.8 Å². The molecule has 0 spiro atoms. The van der Waals surface area contributed by atoms with Gasteiger partial charge in [-0.05, 0) is 46.9 Å². The van der Waals surface area contributed by atoms with Gasteiger partial charge in [-0.1, -0.05) is 6.07 Å². The Morgan fingerprint density at radius 1 is 1.36 bits per heavy atom. The maximum atomic E-state index is 13.9. The first-order valence-corrected chi connectivity index (χ1v) is 9.97. The van der Waals surface area contributed by atoms with Gasteiger partial charge in [-0.25, -0.2) is 18.6 Å². The predicted octanol–water partition coefficient (Wildman–Crippen LogP) is 2.90. The zero-order valence-corrected chi connectivity index (χ0v) is 16.7. The highest BCUT2D eigenvalue weighted by Gasteiger charge is 2.37. The molecule has 1 aliphatic heterocycles. The van der Waals surface area contributed by atoms with Crippen LogP contribution in [0.25, 0.3) is 5.52 Å². The van der Waals surface area contributed by atoms with Crippen molar-refractivity contribution in [3.63, 3.8) is 0 Å². The first-order valence-electron chi connectivity index (χ1n) is 8.72. The summed E-state index contributed by atoms with van der Waals surface area (Å²) in [7, 11) is 0. The number of halogens is 2. The molecule has 1 N–H and O–H groups in total. The molecule has 5 heterocycles. The second kappa shape index (κ2) is 6.69. The number of amides is 1. The average molecular weight is 491 g/mol. The molecule has 4 aromatic rings. The third-order valence-corrected chi connectivity index (χ3v) is 5.46. The number of aromatic amines is 1. The lowest BCUT2D eigenvalue weighted by Crippen LogP contribution is -2.41. The highest BCUT2D eigenvalue weighted by molar-refractivity contribution is 14.1. The topological polar surface area (TPSA) is 84.1 Å². The molecule has 0 aliphatic carbocycles. The molecule has 0 fully saturated rings. The summed E-state index contributed by atoms with van der Waals surface area (Å²) in [5, 5.41) is 8.60. The number of H-pyrrole nitrogens is 1. The van der Waals surface area contributed by atoms with Crippen LogP contribution < -0.4 is 0 Å². The van der Waals surface area contributed by atoms with Crippen molar-refractivity contribution in [1.29, 1.82) is 0 Å². The lowest BCUT2D eigenvalue weighted by atomic mass is 9.99. The molecule has 1 amide bonds. The van der Waals surface area contributed by atoms with E-state index in [1.54, 1.807) is 38.3 Å². The van der Waals surface area contributed by atoms with Crippen LogP contribution in [0.3, 0.4) is 0 Å². The van der Waals surface area contributed by atoms with Crippen molar-refractivity contribution < 1.29 is 9.18 Å². The summed E-state index contributed by atoms with van der Waals surface area (Å²) < 4.78 is 15.3. The van der Waals surface area contributed by atoms with E-state index in [-0.39, 0.29) is 11.6 Å². The number of nitrogens with zero attached hydrogens (tertiary/aromatic N) is 6. The Bertz CT molecular complexity index is 1130. The minimum atomic E-state index is -1.43. The molecule has 10 heteroatoms. The van der Waals surface area contributed by atoms with Crippen LogP contribution in [0, 0.1) is 0 Å². The smallest absolute Gasteiger partial charge is 0.273 e. The summed E-state index contributed by atoms with van der Waals surface area (Å²) in [5.74, 6) is -0.299. The normalized spacial score (nSPS) is 17.6. The molecule has 0 aromatic carbocycles. The molecule has 0 radical (unpaired) electrons. The van der Waals surface area contributed by atoms with E-state index in [9.17, 15) is 9.18 Å². The van der Waals surface area contributed by atoms with Crippen LogP contribution in [0.4, 0.5) is 4.39 Å². The number of carbonyl (C=O) groups is 1. The molecule has 1 aliphatic rings. The van der Waals surface area contributed by atoms with Crippen molar-refractivity contribution >= 4 is 34.0 Å². The van der Waals surface area contributed by atoms with Gasteiger partial charge in [-0.2, -0.15) is 10.2 Å². The van der Waals surface area contributed by atoms with Crippen LogP contribution >= 0.6 is 22.6 Å². The van der Waals surface area contributed by atoms with Crippen LogP contribution in [0.5, 0.6) is 0 Å². The van der Waals surface area contributed by atoms with Crippen LogP contribution in [-0.4, -0.2) is 46.7 Å². The first kappa shape index (κ1) is 17.3. The van der Waals surface area contributed by atoms with Gasteiger partial charge in [-0.3, -0.25) is 4.79 Å². The molecular formula is C18H15FIN7O. The van der Waals surface area contributed by atoms with E-state index in [1.807, 2.05) is 30.5 Å². The second-order valence-corrected chi connectivity index (χ2v) is 7.52. The lowest BCUT2D eigenvalue weighted by Gasteiger charge is -2.34. The number of hydrogen-bond acceptors (Lipinski definition) is 4. The number of pyridine rings is 1. The Morgan fingerprint density at radius 2 is 2.25 bits per heavy atom. The highest BCUT2D eigenvalue weighted by Crippen LogP contribution is 2.34. The van der Waals surface area contributed by atoms with E-state index < -0.39 is 10.3 Å². The Labute approximate surface area is 172 Å². The fourth-order valence-corrected chi connectivity index (χ4v) is 4.12. The van der Waals surface area contributed by atoms with Crippen molar-refractivity contribution in [2.24, 2.45) is 0 Å².